The average molecular weight is 335 g/mol. The quantitative estimate of drug-likeness (QED) is 0.792. The van der Waals surface area contributed by atoms with Crippen molar-refractivity contribution in [1.29, 1.82) is 0 Å². The SMILES string of the molecule is Cc1ncccc1CNc1nnnn1-c1cccc(Cl)c1Cl. The Kier molecular flexibility index (Phi) is 4.22. The van der Waals surface area contributed by atoms with Gasteiger partial charge in [0.05, 0.1) is 15.7 Å². The number of pyridine rings is 1. The van der Waals surface area contributed by atoms with Crippen LogP contribution in [-0.2, 0) is 6.54 Å². The van der Waals surface area contributed by atoms with Crippen LogP contribution >= 0.6 is 23.2 Å². The molecule has 112 valence electrons. The molecule has 0 aliphatic rings. The lowest BCUT2D eigenvalue weighted by atomic mass is 10.2. The van der Waals surface area contributed by atoms with Crippen molar-refractivity contribution in [3.8, 4) is 5.69 Å². The highest BCUT2D eigenvalue weighted by Gasteiger charge is 2.13. The molecule has 0 bridgehead atoms. The zero-order chi connectivity index (χ0) is 15.5. The summed E-state index contributed by atoms with van der Waals surface area (Å²) in [6.45, 7) is 2.51. The molecule has 0 radical (unpaired) electrons. The molecule has 0 amide bonds. The Bertz CT molecular complexity index is 802. The van der Waals surface area contributed by atoms with Gasteiger partial charge in [-0.1, -0.05) is 40.4 Å². The van der Waals surface area contributed by atoms with E-state index in [0.29, 0.717) is 28.2 Å². The molecule has 1 aromatic carbocycles. The predicted octanol–water partition coefficient (Wildman–Crippen LogP) is 3.28. The first-order valence-electron chi connectivity index (χ1n) is 6.54. The van der Waals surface area contributed by atoms with Gasteiger partial charge in [0, 0.05) is 18.4 Å². The number of tetrazole rings is 1. The number of hydrogen-bond acceptors (Lipinski definition) is 5. The van der Waals surface area contributed by atoms with Gasteiger partial charge in [0.25, 0.3) is 0 Å². The van der Waals surface area contributed by atoms with Crippen LogP contribution in [0.1, 0.15) is 11.3 Å². The molecule has 8 heteroatoms. The van der Waals surface area contributed by atoms with E-state index in [1.165, 1.54) is 4.68 Å². The summed E-state index contributed by atoms with van der Waals surface area (Å²) in [6.07, 6.45) is 1.76. The van der Waals surface area contributed by atoms with Gasteiger partial charge in [0.2, 0.25) is 5.95 Å². The molecule has 0 unspecified atom stereocenters. The van der Waals surface area contributed by atoms with Crippen LogP contribution < -0.4 is 5.32 Å². The van der Waals surface area contributed by atoms with E-state index in [0.717, 1.165) is 11.3 Å². The Balaban J connectivity index is 1.87. The first kappa shape index (κ1) is 14.7. The van der Waals surface area contributed by atoms with Gasteiger partial charge in [-0.25, -0.2) is 0 Å². The first-order valence-corrected chi connectivity index (χ1v) is 7.29. The van der Waals surface area contributed by atoms with Crippen LogP contribution in [0.2, 0.25) is 10.0 Å². The Hall–Kier alpha value is -2.18. The number of hydrogen-bond donors (Lipinski definition) is 1. The number of anilines is 1. The summed E-state index contributed by atoms with van der Waals surface area (Å²) in [5.74, 6) is 0.479. The third kappa shape index (κ3) is 2.88. The fraction of sp³-hybridized carbons (Fsp3) is 0.143. The maximum Gasteiger partial charge on any atom is 0.248 e. The number of benzene rings is 1. The van der Waals surface area contributed by atoms with Gasteiger partial charge < -0.3 is 5.32 Å². The molecule has 2 aromatic heterocycles. The van der Waals surface area contributed by atoms with Gasteiger partial charge in [-0.3, -0.25) is 4.98 Å². The van der Waals surface area contributed by atoms with Crippen LogP contribution in [-0.4, -0.2) is 25.2 Å². The third-order valence-electron chi connectivity index (χ3n) is 3.18. The van der Waals surface area contributed by atoms with Crippen molar-refractivity contribution in [1.82, 2.24) is 25.2 Å². The topological polar surface area (TPSA) is 68.5 Å². The summed E-state index contributed by atoms with van der Waals surface area (Å²) < 4.78 is 1.51. The minimum Gasteiger partial charge on any atom is -0.349 e. The lowest BCUT2D eigenvalue weighted by Crippen LogP contribution is -2.09. The van der Waals surface area contributed by atoms with E-state index in [4.69, 9.17) is 23.2 Å². The molecule has 2 heterocycles. The van der Waals surface area contributed by atoms with Crippen molar-refractivity contribution in [3.63, 3.8) is 0 Å². The highest BCUT2D eigenvalue weighted by molar-refractivity contribution is 6.43. The molecular formula is C14H12Cl2N6. The maximum absolute atomic E-state index is 6.21. The second-order valence-electron chi connectivity index (χ2n) is 4.59. The molecular weight excluding hydrogens is 323 g/mol. The third-order valence-corrected chi connectivity index (χ3v) is 3.99. The van der Waals surface area contributed by atoms with Crippen LogP contribution in [0.25, 0.3) is 5.69 Å². The molecule has 0 aliphatic heterocycles. The van der Waals surface area contributed by atoms with Gasteiger partial charge in [-0.2, -0.15) is 4.68 Å². The standard InChI is InChI=1S/C14H12Cl2N6/c1-9-10(4-3-7-17-9)8-18-14-19-20-21-22(14)12-6-2-5-11(15)13(12)16/h2-7H,8H2,1H3,(H,18,19,21). The molecule has 1 N–H and O–H groups in total. The van der Waals surface area contributed by atoms with E-state index in [-0.39, 0.29) is 0 Å². The lowest BCUT2D eigenvalue weighted by molar-refractivity contribution is 0.789. The maximum atomic E-state index is 6.21. The van der Waals surface area contributed by atoms with E-state index in [2.05, 4.69) is 25.8 Å². The molecule has 22 heavy (non-hydrogen) atoms. The van der Waals surface area contributed by atoms with Crippen LogP contribution in [0.3, 0.4) is 0 Å². The zero-order valence-corrected chi connectivity index (χ0v) is 13.2. The monoisotopic (exact) mass is 334 g/mol. The molecule has 3 rings (SSSR count). The van der Waals surface area contributed by atoms with Crippen LogP contribution in [0.15, 0.2) is 36.5 Å². The minimum atomic E-state index is 0.400. The lowest BCUT2D eigenvalue weighted by Gasteiger charge is -2.10. The smallest absolute Gasteiger partial charge is 0.248 e. The van der Waals surface area contributed by atoms with Crippen molar-refractivity contribution < 1.29 is 0 Å². The fourth-order valence-corrected chi connectivity index (χ4v) is 2.37. The summed E-state index contributed by atoms with van der Waals surface area (Å²) in [5, 5.41) is 15.6. The van der Waals surface area contributed by atoms with E-state index in [1.54, 1.807) is 24.4 Å². The largest absolute Gasteiger partial charge is 0.349 e. The van der Waals surface area contributed by atoms with E-state index >= 15 is 0 Å². The van der Waals surface area contributed by atoms with E-state index in [1.807, 2.05) is 19.1 Å². The Morgan fingerprint density at radius 2 is 2.05 bits per heavy atom. The molecule has 0 aliphatic carbocycles. The second-order valence-corrected chi connectivity index (χ2v) is 5.37. The molecule has 0 saturated heterocycles. The fourth-order valence-electron chi connectivity index (χ4n) is 1.99. The molecule has 6 nitrogen and oxygen atoms in total. The van der Waals surface area contributed by atoms with Crippen LogP contribution in [0, 0.1) is 6.92 Å². The van der Waals surface area contributed by atoms with Crippen molar-refractivity contribution in [2.24, 2.45) is 0 Å². The van der Waals surface area contributed by atoms with Gasteiger partial charge in [0.15, 0.2) is 0 Å². The first-order chi connectivity index (χ1) is 10.7. The number of rotatable bonds is 4. The summed E-state index contributed by atoms with van der Waals surface area (Å²) in [7, 11) is 0. The minimum absolute atomic E-state index is 0.400. The number of aryl methyl sites for hydroxylation is 1. The Morgan fingerprint density at radius 1 is 1.18 bits per heavy atom. The van der Waals surface area contributed by atoms with Gasteiger partial charge in [-0.15, -0.1) is 0 Å². The Labute approximate surface area is 137 Å². The molecule has 3 aromatic rings. The Morgan fingerprint density at radius 3 is 2.86 bits per heavy atom. The number of halogens is 2. The normalized spacial score (nSPS) is 10.7. The van der Waals surface area contributed by atoms with Crippen molar-refractivity contribution in [2.75, 3.05) is 5.32 Å². The van der Waals surface area contributed by atoms with Crippen LogP contribution in [0.4, 0.5) is 5.95 Å². The molecule has 0 fully saturated rings. The molecule has 0 atom stereocenters. The summed E-state index contributed by atoms with van der Waals surface area (Å²) >= 11 is 12.2. The molecule has 0 saturated carbocycles. The number of nitrogens with one attached hydrogen (secondary N) is 1. The zero-order valence-electron chi connectivity index (χ0n) is 11.7. The summed E-state index contributed by atoms with van der Waals surface area (Å²) in [4.78, 5) is 4.25. The van der Waals surface area contributed by atoms with E-state index in [9.17, 15) is 0 Å². The average Bonchev–Trinajstić information content (AvgIpc) is 2.97. The van der Waals surface area contributed by atoms with Crippen molar-refractivity contribution in [2.45, 2.75) is 13.5 Å². The predicted molar refractivity (Wildman–Crippen MR) is 85.5 cm³/mol. The number of aromatic nitrogens is 5. The summed E-state index contributed by atoms with van der Waals surface area (Å²) in [6, 6.07) is 9.19. The van der Waals surface area contributed by atoms with Crippen LogP contribution in [0.5, 0.6) is 0 Å². The van der Waals surface area contributed by atoms with E-state index < -0.39 is 0 Å². The summed E-state index contributed by atoms with van der Waals surface area (Å²) in [5.41, 5.74) is 2.63. The second kappa shape index (κ2) is 6.29. The van der Waals surface area contributed by atoms with Crippen molar-refractivity contribution in [3.05, 3.63) is 57.8 Å². The van der Waals surface area contributed by atoms with Gasteiger partial charge >= 0.3 is 0 Å². The van der Waals surface area contributed by atoms with Crippen molar-refractivity contribution >= 4 is 29.2 Å². The number of nitrogens with zero attached hydrogens (tertiary/aromatic N) is 5. The molecule has 0 spiro atoms. The van der Waals surface area contributed by atoms with Gasteiger partial charge in [-0.05, 0) is 41.1 Å². The highest BCUT2D eigenvalue weighted by atomic mass is 35.5. The highest BCUT2D eigenvalue weighted by Crippen LogP contribution is 2.29. The van der Waals surface area contributed by atoms with Gasteiger partial charge in [0.1, 0.15) is 0 Å².